The van der Waals surface area contributed by atoms with Gasteiger partial charge in [0.1, 0.15) is 12.3 Å². The molecule has 2 rings (SSSR count). The van der Waals surface area contributed by atoms with Crippen LogP contribution in [0.15, 0.2) is 52.2 Å². The Morgan fingerprint density at radius 2 is 2.09 bits per heavy atom. The topological polar surface area (TPSA) is 92.0 Å². The Hall–Kier alpha value is -2.32. The molecular weight excluding hydrogens is 342 g/mol. The SMILES string of the molecule is CS(=O)(=O)N(CC(=O)N/N=C\c1ccco1)c1ccccc1Cl. The van der Waals surface area contributed by atoms with Gasteiger partial charge in [-0.25, -0.2) is 13.8 Å². The lowest BCUT2D eigenvalue weighted by molar-refractivity contribution is -0.119. The highest BCUT2D eigenvalue weighted by molar-refractivity contribution is 7.92. The van der Waals surface area contributed by atoms with Gasteiger partial charge < -0.3 is 4.42 Å². The second-order valence-corrected chi connectivity index (χ2v) is 6.84. The summed E-state index contributed by atoms with van der Waals surface area (Å²) in [6, 6.07) is 9.69. The average molecular weight is 356 g/mol. The molecule has 0 spiro atoms. The number of amides is 1. The summed E-state index contributed by atoms with van der Waals surface area (Å²) in [5.41, 5.74) is 2.46. The highest BCUT2D eigenvalue weighted by Crippen LogP contribution is 2.26. The smallest absolute Gasteiger partial charge is 0.260 e. The molecule has 0 atom stereocenters. The third-order valence-electron chi connectivity index (χ3n) is 2.73. The van der Waals surface area contributed by atoms with Crippen molar-refractivity contribution in [3.8, 4) is 0 Å². The number of para-hydroxylation sites is 1. The van der Waals surface area contributed by atoms with E-state index in [1.807, 2.05) is 0 Å². The van der Waals surface area contributed by atoms with E-state index in [2.05, 4.69) is 10.5 Å². The van der Waals surface area contributed by atoms with Crippen LogP contribution in [-0.4, -0.2) is 33.3 Å². The largest absolute Gasteiger partial charge is 0.463 e. The van der Waals surface area contributed by atoms with E-state index in [1.54, 1.807) is 30.3 Å². The standard InChI is InChI=1S/C14H14ClN3O4S/c1-23(20,21)18(13-7-3-2-6-12(13)15)10-14(19)17-16-9-11-5-4-8-22-11/h2-9H,10H2,1H3,(H,17,19)/b16-9-. The van der Waals surface area contributed by atoms with Crippen LogP contribution < -0.4 is 9.73 Å². The fraction of sp³-hybridized carbons (Fsp3) is 0.143. The van der Waals surface area contributed by atoms with Crippen molar-refractivity contribution in [2.24, 2.45) is 5.10 Å². The lowest BCUT2D eigenvalue weighted by atomic mass is 10.3. The maximum absolute atomic E-state index is 11.9. The Balaban J connectivity index is 2.10. The van der Waals surface area contributed by atoms with E-state index >= 15 is 0 Å². The molecule has 1 amide bonds. The molecule has 0 fully saturated rings. The molecule has 0 radical (unpaired) electrons. The van der Waals surface area contributed by atoms with Crippen molar-refractivity contribution in [1.29, 1.82) is 0 Å². The molecule has 122 valence electrons. The van der Waals surface area contributed by atoms with Gasteiger partial charge in [0.05, 0.1) is 29.4 Å². The number of anilines is 1. The van der Waals surface area contributed by atoms with Gasteiger partial charge in [0, 0.05) is 0 Å². The van der Waals surface area contributed by atoms with Crippen LogP contribution in [0.5, 0.6) is 0 Å². The minimum atomic E-state index is -3.69. The molecule has 23 heavy (non-hydrogen) atoms. The van der Waals surface area contributed by atoms with Gasteiger partial charge in [-0.05, 0) is 24.3 Å². The molecule has 2 aromatic rings. The zero-order chi connectivity index (χ0) is 16.9. The normalized spacial score (nSPS) is 11.6. The molecular formula is C14H14ClN3O4S. The zero-order valence-electron chi connectivity index (χ0n) is 12.1. The van der Waals surface area contributed by atoms with Crippen LogP contribution in [-0.2, 0) is 14.8 Å². The van der Waals surface area contributed by atoms with Gasteiger partial charge in [-0.2, -0.15) is 5.10 Å². The third-order valence-corrected chi connectivity index (χ3v) is 4.18. The fourth-order valence-electron chi connectivity index (χ4n) is 1.73. The van der Waals surface area contributed by atoms with Gasteiger partial charge in [-0.3, -0.25) is 9.10 Å². The summed E-state index contributed by atoms with van der Waals surface area (Å²) < 4.78 is 29.7. The van der Waals surface area contributed by atoms with Crippen LogP contribution in [0.1, 0.15) is 5.76 Å². The number of nitrogens with one attached hydrogen (secondary N) is 1. The van der Waals surface area contributed by atoms with Crippen molar-refractivity contribution in [3.63, 3.8) is 0 Å². The van der Waals surface area contributed by atoms with E-state index in [1.165, 1.54) is 18.5 Å². The lowest BCUT2D eigenvalue weighted by Gasteiger charge is -2.22. The number of carbonyl (C=O) groups is 1. The summed E-state index contributed by atoms with van der Waals surface area (Å²) in [5.74, 6) is -0.158. The predicted octanol–water partition coefficient (Wildman–Crippen LogP) is 1.85. The Morgan fingerprint density at radius 1 is 1.35 bits per heavy atom. The van der Waals surface area contributed by atoms with Crippen LogP contribution in [0.4, 0.5) is 5.69 Å². The first-order chi connectivity index (χ1) is 10.9. The molecule has 0 aliphatic heterocycles. The third kappa shape index (κ3) is 4.83. The first-order valence-corrected chi connectivity index (χ1v) is 8.68. The van der Waals surface area contributed by atoms with Gasteiger partial charge in [0.2, 0.25) is 10.0 Å². The summed E-state index contributed by atoms with van der Waals surface area (Å²) in [6.45, 7) is -0.446. The number of furan rings is 1. The summed E-state index contributed by atoms with van der Waals surface area (Å²) >= 11 is 6.00. The van der Waals surface area contributed by atoms with Crippen LogP contribution in [0.2, 0.25) is 5.02 Å². The molecule has 0 saturated heterocycles. The van der Waals surface area contributed by atoms with E-state index in [4.69, 9.17) is 16.0 Å². The van der Waals surface area contributed by atoms with Crippen molar-refractivity contribution in [2.45, 2.75) is 0 Å². The molecule has 0 unspecified atom stereocenters. The first-order valence-electron chi connectivity index (χ1n) is 6.45. The zero-order valence-corrected chi connectivity index (χ0v) is 13.7. The monoisotopic (exact) mass is 355 g/mol. The number of hydrogen-bond acceptors (Lipinski definition) is 5. The van der Waals surface area contributed by atoms with Gasteiger partial charge >= 0.3 is 0 Å². The van der Waals surface area contributed by atoms with Crippen LogP contribution in [0, 0.1) is 0 Å². The Morgan fingerprint density at radius 3 is 2.70 bits per heavy atom. The summed E-state index contributed by atoms with van der Waals surface area (Å²) in [6.07, 6.45) is 3.76. The quantitative estimate of drug-likeness (QED) is 0.632. The number of hydrogen-bond donors (Lipinski definition) is 1. The molecule has 1 N–H and O–H groups in total. The molecule has 0 saturated carbocycles. The van der Waals surface area contributed by atoms with Crippen LogP contribution in [0.25, 0.3) is 0 Å². The van der Waals surface area contributed by atoms with Gasteiger partial charge in [0.15, 0.2) is 0 Å². The molecule has 7 nitrogen and oxygen atoms in total. The Labute approximate surface area is 138 Å². The van der Waals surface area contributed by atoms with E-state index in [9.17, 15) is 13.2 Å². The van der Waals surface area contributed by atoms with E-state index in [0.717, 1.165) is 10.6 Å². The number of benzene rings is 1. The molecule has 1 aromatic heterocycles. The number of sulfonamides is 1. The summed E-state index contributed by atoms with van der Waals surface area (Å²) in [7, 11) is -3.69. The van der Waals surface area contributed by atoms with E-state index in [-0.39, 0.29) is 10.7 Å². The van der Waals surface area contributed by atoms with Crippen molar-refractivity contribution in [2.75, 3.05) is 17.1 Å². The second-order valence-electron chi connectivity index (χ2n) is 4.53. The molecule has 9 heteroatoms. The molecule has 0 bridgehead atoms. The van der Waals surface area contributed by atoms with Gasteiger partial charge in [-0.15, -0.1) is 0 Å². The van der Waals surface area contributed by atoms with E-state index < -0.39 is 22.5 Å². The van der Waals surface area contributed by atoms with Gasteiger partial charge in [-0.1, -0.05) is 23.7 Å². The summed E-state index contributed by atoms with van der Waals surface area (Å²) in [4.78, 5) is 11.9. The minimum absolute atomic E-state index is 0.224. The maximum atomic E-state index is 11.9. The van der Waals surface area contributed by atoms with Crippen molar-refractivity contribution in [3.05, 3.63) is 53.4 Å². The maximum Gasteiger partial charge on any atom is 0.260 e. The predicted molar refractivity (Wildman–Crippen MR) is 88.1 cm³/mol. The second kappa shape index (κ2) is 7.30. The number of nitrogens with zero attached hydrogens (tertiary/aromatic N) is 2. The summed E-state index contributed by atoms with van der Waals surface area (Å²) in [5, 5.41) is 3.92. The first kappa shape index (κ1) is 17.0. The molecule has 1 aromatic carbocycles. The van der Waals surface area contributed by atoms with Gasteiger partial charge in [0.25, 0.3) is 5.91 Å². The van der Waals surface area contributed by atoms with Crippen molar-refractivity contribution in [1.82, 2.24) is 5.43 Å². The number of rotatable bonds is 6. The highest BCUT2D eigenvalue weighted by Gasteiger charge is 2.22. The Bertz CT molecular complexity index is 803. The van der Waals surface area contributed by atoms with Crippen molar-refractivity contribution >= 4 is 39.4 Å². The van der Waals surface area contributed by atoms with Crippen LogP contribution in [0.3, 0.4) is 0 Å². The molecule has 0 aliphatic carbocycles. The highest BCUT2D eigenvalue weighted by atomic mass is 35.5. The van der Waals surface area contributed by atoms with Crippen LogP contribution >= 0.6 is 11.6 Å². The fourth-order valence-corrected chi connectivity index (χ4v) is 2.89. The number of halogens is 1. The molecule has 0 aliphatic rings. The van der Waals surface area contributed by atoms with E-state index in [0.29, 0.717) is 5.76 Å². The minimum Gasteiger partial charge on any atom is -0.463 e. The number of hydrazone groups is 1. The Kier molecular flexibility index (Phi) is 5.41. The van der Waals surface area contributed by atoms with Crippen molar-refractivity contribution < 1.29 is 17.6 Å². The average Bonchev–Trinajstić information content (AvgIpc) is 2.98. The lowest BCUT2D eigenvalue weighted by Crippen LogP contribution is -2.39. The molecule has 1 heterocycles. The number of carbonyl (C=O) groups excluding carboxylic acids is 1.